The zero-order valence-corrected chi connectivity index (χ0v) is 50.3. The third-order valence-electron chi connectivity index (χ3n) is 16.2. The van der Waals surface area contributed by atoms with E-state index in [1.807, 2.05) is 24.3 Å². The molecule has 15 rings (SSSR count). The van der Waals surface area contributed by atoms with Crippen molar-refractivity contribution >= 4 is 65.4 Å². The topological polar surface area (TPSA) is 151 Å². The lowest BCUT2D eigenvalue weighted by Gasteiger charge is -2.10. The summed E-state index contributed by atoms with van der Waals surface area (Å²) in [7, 11) is 0. The zero-order valence-electron chi connectivity index (χ0n) is 50.3. The van der Waals surface area contributed by atoms with Crippen molar-refractivity contribution in [1.29, 1.82) is 0 Å². The second-order valence-corrected chi connectivity index (χ2v) is 22.5. The molecule has 4 aliphatic rings. The molecule has 0 fully saturated rings. The lowest BCUT2D eigenvalue weighted by Crippen LogP contribution is -2.15. The van der Waals surface area contributed by atoms with Gasteiger partial charge in [0.05, 0.1) is 124 Å². The maximum atomic E-state index is 5.98. The highest BCUT2D eigenvalue weighted by Gasteiger charge is 2.13. The molecule has 0 N–H and O–H groups in total. The SMILES string of the molecule is c1cc2ccc1OCCOCCOCCOCCOCCOCCOCCOc1ccc(cc1)-c1ccc3ccc4ccc(nc4c3n1)CCCCCCc1ccc3ccc4ccc(nc4c3n1)CCCCCCc1ccc3ccc4ccc-2nc4c3n1. The normalized spacial score (nSPS) is 16.5. The molecule has 0 saturated heterocycles. The van der Waals surface area contributed by atoms with Gasteiger partial charge >= 0.3 is 0 Å². The van der Waals surface area contributed by atoms with E-state index in [2.05, 4.69) is 133 Å². The van der Waals surface area contributed by atoms with Crippen LogP contribution in [0.2, 0.25) is 0 Å². The first-order valence-electron chi connectivity index (χ1n) is 31.6. The smallest absolute Gasteiger partial charge is 0.119 e. The number of hydrogen-bond donors (Lipinski definition) is 0. The monoisotopic (exact) mass is 1180 g/mol. The van der Waals surface area contributed by atoms with Crippen molar-refractivity contribution in [3.8, 4) is 34.0 Å². The summed E-state index contributed by atoms with van der Waals surface area (Å²) in [5.74, 6) is 1.56. The quantitative estimate of drug-likeness (QED) is 0.132. The van der Waals surface area contributed by atoms with Crippen LogP contribution in [0.3, 0.4) is 0 Å². The molecule has 0 amide bonds. The third-order valence-corrected chi connectivity index (χ3v) is 16.2. The molecule has 11 aromatic rings. The Morgan fingerprint density at radius 3 is 0.705 bits per heavy atom. The van der Waals surface area contributed by atoms with Gasteiger partial charge in [-0.2, -0.15) is 0 Å². The number of aryl methyl sites for hydroxylation is 4. The van der Waals surface area contributed by atoms with Gasteiger partial charge in [0, 0.05) is 66.2 Å². The van der Waals surface area contributed by atoms with Crippen molar-refractivity contribution in [3.63, 3.8) is 0 Å². The molecule has 0 aliphatic carbocycles. The van der Waals surface area contributed by atoms with Gasteiger partial charge in [-0.05, 0) is 136 Å². The predicted molar refractivity (Wildman–Crippen MR) is 350 cm³/mol. The molecule has 0 spiro atoms. The minimum atomic E-state index is 0.436. The maximum absolute atomic E-state index is 5.98. The molecule has 14 nitrogen and oxygen atoms in total. The first kappa shape index (κ1) is 60.2. The second-order valence-electron chi connectivity index (χ2n) is 22.5. The molecule has 0 unspecified atom stereocenters. The molecule has 452 valence electrons. The molecule has 16 bridgehead atoms. The van der Waals surface area contributed by atoms with Crippen LogP contribution < -0.4 is 9.47 Å². The highest BCUT2D eigenvalue weighted by molar-refractivity contribution is 6.05. The van der Waals surface area contributed by atoms with Crippen molar-refractivity contribution in [2.24, 2.45) is 0 Å². The van der Waals surface area contributed by atoms with E-state index < -0.39 is 0 Å². The van der Waals surface area contributed by atoms with Crippen LogP contribution in [0.5, 0.6) is 11.5 Å². The fourth-order valence-corrected chi connectivity index (χ4v) is 11.4. The Hall–Kier alpha value is -8.08. The molecule has 0 atom stereocenters. The molecule has 14 heteroatoms. The number of ether oxygens (including phenoxy) is 8. The van der Waals surface area contributed by atoms with Gasteiger partial charge in [-0.25, -0.2) is 9.97 Å². The van der Waals surface area contributed by atoms with Crippen LogP contribution in [0.25, 0.3) is 87.9 Å². The summed E-state index contributed by atoms with van der Waals surface area (Å²) in [4.78, 5) is 31.2. The number of pyridine rings is 6. The van der Waals surface area contributed by atoms with E-state index in [0.29, 0.717) is 92.5 Å². The van der Waals surface area contributed by atoms with Gasteiger partial charge in [-0.3, -0.25) is 19.9 Å². The number of nitrogens with zero attached hydrogens (tertiary/aromatic N) is 6. The molecule has 0 saturated carbocycles. The van der Waals surface area contributed by atoms with Gasteiger partial charge in [0.25, 0.3) is 0 Å². The van der Waals surface area contributed by atoms with E-state index in [1.165, 1.54) is 0 Å². The number of aromatic nitrogens is 6. The summed E-state index contributed by atoms with van der Waals surface area (Å²) in [5.41, 5.74) is 14.0. The van der Waals surface area contributed by atoms with E-state index in [-0.39, 0.29) is 0 Å². The van der Waals surface area contributed by atoms with Crippen LogP contribution in [0.15, 0.2) is 158 Å². The maximum Gasteiger partial charge on any atom is 0.119 e. The summed E-state index contributed by atoms with van der Waals surface area (Å²) in [6, 6.07) is 55.0. The highest BCUT2D eigenvalue weighted by atomic mass is 16.6. The fraction of sp³-hybridized carbons (Fsp3) is 0.351. The van der Waals surface area contributed by atoms with Crippen LogP contribution in [0.4, 0.5) is 0 Å². The van der Waals surface area contributed by atoms with E-state index in [1.54, 1.807) is 0 Å². The van der Waals surface area contributed by atoms with Crippen molar-refractivity contribution < 1.29 is 37.9 Å². The largest absolute Gasteiger partial charge is 0.491 e. The standard InChI is InChI=1S/C74H78N6O8/c1-3-7-11-63-31-21-57-15-17-59-27-37-67(79-73(59)71(57)77-63)53-23-33-65(34-24-53)87-51-49-85-47-45-83-43-41-81-39-40-82-42-44-84-46-48-86-50-52-88-66-35-25-54(26-36-66)68-38-28-60-18-16-58-22-32-64(78-72(58)74(60)80-68)12-8-4-2-6-10-62-30-20-56-14-13-55-19-29-61(9-5-1)75-69(55)70(56)76-62/h13-38H,1-12,39-52H2. The summed E-state index contributed by atoms with van der Waals surface area (Å²) in [5, 5.41) is 6.61. The third kappa shape index (κ3) is 16.4. The van der Waals surface area contributed by atoms with Gasteiger partial charge in [0.2, 0.25) is 0 Å². The van der Waals surface area contributed by atoms with Crippen molar-refractivity contribution in [2.75, 3.05) is 92.5 Å². The van der Waals surface area contributed by atoms with Gasteiger partial charge in [0.1, 0.15) is 24.7 Å². The summed E-state index contributed by atoms with van der Waals surface area (Å²) in [6.45, 7) is 6.61. The minimum Gasteiger partial charge on any atom is -0.491 e. The Labute approximate surface area is 514 Å². The van der Waals surface area contributed by atoms with E-state index >= 15 is 0 Å². The van der Waals surface area contributed by atoms with Crippen molar-refractivity contribution in [2.45, 2.75) is 77.0 Å². The Bertz CT molecular complexity index is 3790. The van der Waals surface area contributed by atoms with E-state index in [9.17, 15) is 0 Å². The van der Waals surface area contributed by atoms with Gasteiger partial charge in [-0.15, -0.1) is 0 Å². The summed E-state index contributed by atoms with van der Waals surface area (Å²) < 4.78 is 46.0. The highest BCUT2D eigenvalue weighted by Crippen LogP contribution is 2.31. The molecule has 5 aromatic carbocycles. The number of rotatable bonds is 0. The molecular formula is C74H78N6O8. The average molecular weight is 1180 g/mol. The summed E-state index contributed by atoms with van der Waals surface area (Å²) in [6.07, 6.45) is 12.6. The van der Waals surface area contributed by atoms with Crippen LogP contribution >= 0.6 is 0 Å². The summed E-state index contributed by atoms with van der Waals surface area (Å²) >= 11 is 0. The Kier molecular flexibility index (Phi) is 21.4. The van der Waals surface area contributed by atoms with Crippen molar-refractivity contribution in [3.05, 3.63) is 181 Å². The van der Waals surface area contributed by atoms with Crippen LogP contribution in [-0.2, 0) is 54.1 Å². The second kappa shape index (κ2) is 31.2. The number of hydrogen-bond acceptors (Lipinski definition) is 14. The Morgan fingerprint density at radius 1 is 0.205 bits per heavy atom. The first-order chi connectivity index (χ1) is 43.6. The zero-order chi connectivity index (χ0) is 59.4. The van der Waals surface area contributed by atoms with Crippen LogP contribution in [0, 0.1) is 0 Å². The van der Waals surface area contributed by atoms with Crippen LogP contribution in [0.1, 0.15) is 74.1 Å². The number of benzene rings is 5. The van der Waals surface area contributed by atoms with Gasteiger partial charge < -0.3 is 37.9 Å². The fourth-order valence-electron chi connectivity index (χ4n) is 11.4. The van der Waals surface area contributed by atoms with E-state index in [0.717, 1.165) is 199 Å². The van der Waals surface area contributed by atoms with Crippen molar-refractivity contribution in [1.82, 2.24) is 29.9 Å². The molecule has 10 heterocycles. The van der Waals surface area contributed by atoms with E-state index in [4.69, 9.17) is 67.8 Å². The predicted octanol–water partition coefficient (Wildman–Crippen LogP) is 14.9. The molecule has 6 aromatic heterocycles. The lowest BCUT2D eigenvalue weighted by atomic mass is 10.0. The lowest BCUT2D eigenvalue weighted by molar-refractivity contribution is -0.0187. The molecular weight excluding hydrogens is 1100 g/mol. The Morgan fingerprint density at radius 2 is 0.432 bits per heavy atom. The molecule has 88 heavy (non-hydrogen) atoms. The molecule has 0 radical (unpaired) electrons. The van der Waals surface area contributed by atoms with Gasteiger partial charge in [-0.1, -0.05) is 98.5 Å². The Balaban J connectivity index is 0.651. The minimum absolute atomic E-state index is 0.436. The average Bonchev–Trinajstić information content (AvgIpc) is 1.70. The molecule has 4 aliphatic heterocycles. The van der Waals surface area contributed by atoms with Crippen LogP contribution in [-0.4, -0.2) is 122 Å². The van der Waals surface area contributed by atoms with Gasteiger partial charge in [0.15, 0.2) is 0 Å². The first-order valence-corrected chi connectivity index (χ1v) is 31.6.